The molecule has 0 N–H and O–H groups in total. The van der Waals surface area contributed by atoms with Crippen molar-refractivity contribution in [2.24, 2.45) is 0 Å². The first-order chi connectivity index (χ1) is 7.16. The predicted octanol–water partition coefficient (Wildman–Crippen LogP) is 4.80. The minimum atomic E-state index is -0.00110. The molecule has 0 aromatic heterocycles. The Morgan fingerprint density at radius 2 is 1.33 bits per heavy atom. The lowest BCUT2D eigenvalue weighted by Gasteiger charge is -2.02. The van der Waals surface area contributed by atoms with E-state index < -0.39 is 0 Å². The molecule has 0 spiro atoms. The topological polar surface area (TPSA) is 19.9 Å². The molecule has 0 unspecified atom stereocenters. The molecule has 2 aromatic carbocycles. The van der Waals surface area contributed by atoms with E-state index in [1.54, 1.807) is 24.3 Å². The van der Waals surface area contributed by atoms with Gasteiger partial charge in [0, 0.05) is 0 Å². The van der Waals surface area contributed by atoms with Gasteiger partial charge in [-0.05, 0) is 35.4 Å². The van der Waals surface area contributed by atoms with Crippen LogP contribution in [0, 0.1) is 0 Å². The Kier molecular flexibility index (Phi) is 2.85. The molecule has 2 aromatic rings. The number of rotatable bonds is 1. The maximum Gasteiger partial charge on any atom is 0.178 e. The normalized spacial score (nSPS) is 10.3. The van der Waals surface area contributed by atoms with Crippen LogP contribution >= 0.6 is 23.2 Å². The van der Waals surface area contributed by atoms with Crippen molar-refractivity contribution < 1.29 is 5.11 Å². The van der Waals surface area contributed by atoms with E-state index in [2.05, 4.69) is 0 Å². The van der Waals surface area contributed by atoms with Crippen molar-refractivity contribution in [2.75, 3.05) is 0 Å². The Balaban J connectivity index is 2.45. The van der Waals surface area contributed by atoms with Crippen LogP contribution < -0.4 is 0 Å². The molecule has 3 heteroatoms. The molecule has 0 saturated carbocycles. The summed E-state index contributed by atoms with van der Waals surface area (Å²) in [5, 5.41) is 12.0. The van der Waals surface area contributed by atoms with Crippen LogP contribution in [0.5, 0.6) is 5.75 Å². The van der Waals surface area contributed by atoms with Crippen molar-refractivity contribution in [3.63, 3.8) is 0 Å². The Labute approximate surface area is 97.9 Å². The second-order valence-corrected chi connectivity index (χ2v) is 3.97. The smallest absolute Gasteiger partial charge is 0.178 e. The minimum absolute atomic E-state index is 0.00110. The van der Waals surface area contributed by atoms with Gasteiger partial charge in [0.15, 0.2) is 5.75 Å². The van der Waals surface area contributed by atoms with E-state index in [1.165, 1.54) is 12.1 Å². The van der Waals surface area contributed by atoms with Gasteiger partial charge in [0.05, 0.1) is 10.0 Å². The van der Waals surface area contributed by atoms with Crippen molar-refractivity contribution in [2.45, 2.75) is 0 Å². The van der Waals surface area contributed by atoms with Gasteiger partial charge in [0.25, 0.3) is 0 Å². The number of benzene rings is 2. The average Bonchev–Trinajstić information content (AvgIpc) is 2.23. The maximum absolute atomic E-state index is 10.9. The third-order valence-electron chi connectivity index (χ3n) is 2.11. The van der Waals surface area contributed by atoms with Crippen LogP contribution in [0.4, 0.5) is 0 Å². The zero-order valence-electron chi connectivity index (χ0n) is 7.71. The highest BCUT2D eigenvalue weighted by Gasteiger charge is 2.02. The summed E-state index contributed by atoms with van der Waals surface area (Å²) in [4.78, 5) is 0. The quantitative estimate of drug-likeness (QED) is 0.679. The monoisotopic (exact) mass is 237 g/mol. The van der Waals surface area contributed by atoms with Crippen molar-refractivity contribution in [3.8, 4) is 16.9 Å². The first kappa shape index (κ1) is 10.3. The molecule has 75 valence electrons. The molecule has 2 rings (SSSR count). The van der Waals surface area contributed by atoms with Crippen molar-refractivity contribution in [1.82, 2.24) is 0 Å². The summed E-state index contributed by atoms with van der Waals surface area (Å²) < 4.78 is 0. The van der Waals surface area contributed by atoms with E-state index in [0.717, 1.165) is 11.1 Å². The van der Waals surface area contributed by atoms with Crippen LogP contribution in [-0.2, 0) is 5.11 Å². The van der Waals surface area contributed by atoms with E-state index in [9.17, 15) is 5.11 Å². The van der Waals surface area contributed by atoms with Gasteiger partial charge in [0.1, 0.15) is 0 Å². The summed E-state index contributed by atoms with van der Waals surface area (Å²) in [6.07, 6.45) is 0. The Hall–Kier alpha value is -1.18. The van der Waals surface area contributed by atoms with E-state index in [0.29, 0.717) is 10.0 Å². The molecule has 0 amide bonds. The SMILES string of the molecule is [O]c1ccc(-c2ccc(Cl)c(Cl)c2)cc1. The Bertz CT molecular complexity index is 477. The van der Waals surface area contributed by atoms with Gasteiger partial charge in [-0.15, -0.1) is 0 Å². The van der Waals surface area contributed by atoms with Crippen molar-refractivity contribution in [3.05, 3.63) is 52.5 Å². The van der Waals surface area contributed by atoms with E-state index in [4.69, 9.17) is 23.2 Å². The van der Waals surface area contributed by atoms with Gasteiger partial charge in [-0.3, -0.25) is 5.11 Å². The first-order valence-corrected chi connectivity index (χ1v) is 5.15. The second kappa shape index (κ2) is 4.13. The van der Waals surface area contributed by atoms with Crippen LogP contribution in [0.3, 0.4) is 0 Å². The van der Waals surface area contributed by atoms with E-state index in [-0.39, 0.29) is 5.75 Å². The fourth-order valence-electron chi connectivity index (χ4n) is 1.32. The molecular formula is C12H7Cl2O. The maximum atomic E-state index is 10.9. The van der Waals surface area contributed by atoms with Crippen molar-refractivity contribution in [1.29, 1.82) is 0 Å². The number of hydrogen-bond acceptors (Lipinski definition) is 0. The standard InChI is InChI=1S/C12H7Cl2O/c13-11-6-3-9(7-12(11)14)8-1-4-10(15)5-2-8/h1-7H. The number of halogens is 2. The molecule has 0 atom stereocenters. The van der Waals surface area contributed by atoms with E-state index in [1.807, 2.05) is 6.07 Å². The molecule has 0 saturated heterocycles. The fourth-order valence-corrected chi connectivity index (χ4v) is 1.62. The second-order valence-electron chi connectivity index (χ2n) is 3.15. The summed E-state index contributed by atoms with van der Waals surface area (Å²) in [6, 6.07) is 12.0. The summed E-state index contributed by atoms with van der Waals surface area (Å²) >= 11 is 11.7. The molecule has 0 bridgehead atoms. The van der Waals surface area contributed by atoms with Gasteiger partial charge < -0.3 is 0 Å². The van der Waals surface area contributed by atoms with Crippen LogP contribution in [0.25, 0.3) is 11.1 Å². The zero-order chi connectivity index (χ0) is 10.8. The molecular weight excluding hydrogens is 231 g/mol. The molecule has 1 radical (unpaired) electrons. The molecule has 0 aliphatic rings. The third-order valence-corrected chi connectivity index (χ3v) is 2.85. The summed E-state index contributed by atoms with van der Waals surface area (Å²) in [7, 11) is 0. The summed E-state index contributed by atoms with van der Waals surface area (Å²) in [6.45, 7) is 0. The Morgan fingerprint density at radius 3 is 1.93 bits per heavy atom. The van der Waals surface area contributed by atoms with Gasteiger partial charge in [-0.1, -0.05) is 41.4 Å². The largest absolute Gasteiger partial charge is 0.290 e. The Morgan fingerprint density at radius 1 is 0.733 bits per heavy atom. The van der Waals surface area contributed by atoms with Gasteiger partial charge >= 0.3 is 0 Å². The van der Waals surface area contributed by atoms with Gasteiger partial charge in [-0.25, -0.2) is 0 Å². The summed E-state index contributed by atoms with van der Waals surface area (Å²) in [5.41, 5.74) is 1.90. The zero-order valence-corrected chi connectivity index (χ0v) is 9.22. The van der Waals surface area contributed by atoms with Crippen LogP contribution in [0.1, 0.15) is 0 Å². The summed E-state index contributed by atoms with van der Waals surface area (Å²) in [5.74, 6) is -0.00110. The number of hydrogen-bond donors (Lipinski definition) is 0. The highest BCUT2D eigenvalue weighted by atomic mass is 35.5. The van der Waals surface area contributed by atoms with Gasteiger partial charge in [0.2, 0.25) is 0 Å². The average molecular weight is 238 g/mol. The molecule has 0 aliphatic heterocycles. The molecule has 0 aliphatic carbocycles. The highest BCUT2D eigenvalue weighted by molar-refractivity contribution is 6.42. The van der Waals surface area contributed by atoms with Crippen molar-refractivity contribution >= 4 is 23.2 Å². The molecule has 0 fully saturated rings. The molecule has 0 heterocycles. The van der Waals surface area contributed by atoms with Crippen LogP contribution in [-0.4, -0.2) is 0 Å². The lowest BCUT2D eigenvalue weighted by atomic mass is 10.1. The third kappa shape index (κ3) is 2.25. The predicted molar refractivity (Wildman–Crippen MR) is 62.0 cm³/mol. The van der Waals surface area contributed by atoms with Crippen LogP contribution in [0.2, 0.25) is 10.0 Å². The van der Waals surface area contributed by atoms with E-state index >= 15 is 0 Å². The highest BCUT2D eigenvalue weighted by Crippen LogP contribution is 2.29. The fraction of sp³-hybridized carbons (Fsp3) is 0. The lowest BCUT2D eigenvalue weighted by molar-refractivity contribution is 0.355. The molecule has 15 heavy (non-hydrogen) atoms. The van der Waals surface area contributed by atoms with Gasteiger partial charge in [-0.2, -0.15) is 0 Å². The minimum Gasteiger partial charge on any atom is -0.290 e. The lowest BCUT2D eigenvalue weighted by Crippen LogP contribution is -1.77. The molecule has 1 nitrogen and oxygen atoms in total. The first-order valence-electron chi connectivity index (χ1n) is 4.39. The van der Waals surface area contributed by atoms with Crippen LogP contribution in [0.15, 0.2) is 42.5 Å².